The number of benzene rings is 2. The molecule has 0 aromatic heterocycles. The third-order valence-electron chi connectivity index (χ3n) is 4.14. The average Bonchev–Trinajstić information content (AvgIpc) is 2.63. The molecule has 0 saturated carbocycles. The van der Waals surface area contributed by atoms with Crippen molar-refractivity contribution < 1.29 is 4.92 Å². The first-order valence-electron chi connectivity index (χ1n) is 7.94. The Hall–Kier alpha value is -2.09. The molecule has 1 aliphatic rings. The molecule has 3 rings (SSSR count). The molecule has 0 radical (unpaired) electrons. The number of nitro benzene ring substituents is 1. The van der Waals surface area contributed by atoms with Crippen molar-refractivity contribution in [3.63, 3.8) is 0 Å². The van der Waals surface area contributed by atoms with Crippen LogP contribution in [-0.4, -0.2) is 41.1 Å². The number of non-ortho nitro benzene ring substituents is 1. The van der Waals surface area contributed by atoms with Crippen molar-refractivity contribution >= 4 is 57.6 Å². The zero-order valence-corrected chi connectivity index (χ0v) is 16.0. The fourth-order valence-corrected chi connectivity index (χ4v) is 3.40. The highest BCUT2D eigenvalue weighted by atomic mass is 35.5. The van der Waals surface area contributed by atoms with E-state index in [0.29, 0.717) is 20.8 Å². The molecule has 2 aromatic rings. The summed E-state index contributed by atoms with van der Waals surface area (Å²) in [6, 6.07) is 12.0. The Bertz CT molecular complexity index is 841. The van der Waals surface area contributed by atoms with Crippen molar-refractivity contribution in [3.05, 3.63) is 62.6 Å². The minimum Gasteiger partial charge on any atom is -0.368 e. The van der Waals surface area contributed by atoms with Gasteiger partial charge < -0.3 is 15.1 Å². The summed E-state index contributed by atoms with van der Waals surface area (Å²) in [6.07, 6.45) is 0. The van der Waals surface area contributed by atoms with Crippen LogP contribution in [0.1, 0.15) is 0 Å². The van der Waals surface area contributed by atoms with E-state index in [1.165, 1.54) is 18.2 Å². The standard InChI is InChI=1S/C17H16Cl2N4O2S/c18-12-2-1-3-13(10-12)21-6-8-22(9-7-21)17(26)20-16-11-14(23(24)25)4-5-15(16)19/h1-5,10-11H,6-9H2,(H,20,26). The second-order valence-electron chi connectivity index (χ2n) is 5.81. The number of rotatable bonds is 3. The number of nitro groups is 1. The lowest BCUT2D eigenvalue weighted by molar-refractivity contribution is -0.384. The van der Waals surface area contributed by atoms with Crippen molar-refractivity contribution in [2.75, 3.05) is 36.4 Å². The average molecular weight is 411 g/mol. The quantitative estimate of drug-likeness (QED) is 0.458. The van der Waals surface area contributed by atoms with Crippen molar-refractivity contribution in [2.45, 2.75) is 0 Å². The zero-order chi connectivity index (χ0) is 18.7. The van der Waals surface area contributed by atoms with E-state index in [2.05, 4.69) is 10.2 Å². The number of thiocarbonyl (C=S) groups is 1. The maximum atomic E-state index is 10.9. The van der Waals surface area contributed by atoms with E-state index in [1.807, 2.05) is 29.2 Å². The van der Waals surface area contributed by atoms with Crippen molar-refractivity contribution in [1.29, 1.82) is 0 Å². The third kappa shape index (κ3) is 4.35. The normalized spacial score (nSPS) is 14.2. The molecule has 1 saturated heterocycles. The van der Waals surface area contributed by atoms with Gasteiger partial charge in [0.05, 0.1) is 15.6 Å². The fraction of sp³-hybridized carbons (Fsp3) is 0.235. The second kappa shape index (κ2) is 8.07. The molecule has 0 spiro atoms. The smallest absolute Gasteiger partial charge is 0.271 e. The van der Waals surface area contributed by atoms with E-state index in [-0.39, 0.29) is 5.69 Å². The summed E-state index contributed by atoms with van der Waals surface area (Å²) in [5.74, 6) is 0. The topological polar surface area (TPSA) is 61.7 Å². The third-order valence-corrected chi connectivity index (χ3v) is 5.07. The SMILES string of the molecule is O=[N+]([O-])c1ccc(Cl)c(NC(=S)N2CCN(c3cccc(Cl)c3)CC2)c1. The van der Waals surface area contributed by atoms with Gasteiger partial charge in [-0.15, -0.1) is 0 Å². The maximum absolute atomic E-state index is 10.9. The van der Waals surface area contributed by atoms with Gasteiger partial charge in [-0.3, -0.25) is 10.1 Å². The summed E-state index contributed by atoms with van der Waals surface area (Å²) >= 11 is 17.6. The van der Waals surface area contributed by atoms with Gasteiger partial charge in [0.2, 0.25) is 0 Å². The highest BCUT2D eigenvalue weighted by Gasteiger charge is 2.20. The van der Waals surface area contributed by atoms with Crippen molar-refractivity contribution in [3.8, 4) is 0 Å². The van der Waals surface area contributed by atoms with E-state index < -0.39 is 4.92 Å². The lowest BCUT2D eigenvalue weighted by Crippen LogP contribution is -2.50. The van der Waals surface area contributed by atoms with Crippen LogP contribution in [0.3, 0.4) is 0 Å². The van der Waals surface area contributed by atoms with Crippen LogP contribution in [0.4, 0.5) is 17.1 Å². The summed E-state index contributed by atoms with van der Waals surface area (Å²) < 4.78 is 0. The van der Waals surface area contributed by atoms with Crippen LogP contribution in [0, 0.1) is 10.1 Å². The monoisotopic (exact) mass is 410 g/mol. The summed E-state index contributed by atoms with van der Waals surface area (Å²) in [6.45, 7) is 3.05. The van der Waals surface area contributed by atoms with Crippen LogP contribution in [0.15, 0.2) is 42.5 Å². The molecule has 0 bridgehead atoms. The molecule has 9 heteroatoms. The number of halogens is 2. The Morgan fingerprint density at radius 2 is 1.85 bits per heavy atom. The highest BCUT2D eigenvalue weighted by Crippen LogP contribution is 2.27. The van der Waals surface area contributed by atoms with Crippen LogP contribution >= 0.6 is 35.4 Å². The van der Waals surface area contributed by atoms with E-state index >= 15 is 0 Å². The first kappa shape index (κ1) is 18.7. The van der Waals surface area contributed by atoms with Gasteiger partial charge in [-0.2, -0.15) is 0 Å². The van der Waals surface area contributed by atoms with Gasteiger partial charge >= 0.3 is 0 Å². The van der Waals surface area contributed by atoms with Gasteiger partial charge in [0.25, 0.3) is 5.69 Å². The molecule has 136 valence electrons. The summed E-state index contributed by atoms with van der Waals surface area (Å²) in [5.41, 5.74) is 1.48. The fourth-order valence-electron chi connectivity index (χ4n) is 2.76. The Morgan fingerprint density at radius 3 is 2.50 bits per heavy atom. The van der Waals surface area contributed by atoms with Gasteiger partial charge in [-0.1, -0.05) is 29.3 Å². The second-order valence-corrected chi connectivity index (χ2v) is 7.04. The van der Waals surface area contributed by atoms with Crippen LogP contribution in [0.2, 0.25) is 10.0 Å². The first-order chi connectivity index (χ1) is 12.4. The van der Waals surface area contributed by atoms with Gasteiger partial charge in [0.15, 0.2) is 5.11 Å². The molecule has 0 amide bonds. The van der Waals surface area contributed by atoms with Crippen LogP contribution in [0.25, 0.3) is 0 Å². The maximum Gasteiger partial charge on any atom is 0.271 e. The molecule has 1 fully saturated rings. The van der Waals surface area contributed by atoms with Gasteiger partial charge in [-0.05, 0) is 36.5 Å². The Labute approximate surface area is 166 Å². The molecule has 1 heterocycles. The van der Waals surface area contributed by atoms with Crippen LogP contribution in [-0.2, 0) is 0 Å². The molecule has 0 atom stereocenters. The highest BCUT2D eigenvalue weighted by molar-refractivity contribution is 7.80. The summed E-state index contributed by atoms with van der Waals surface area (Å²) in [4.78, 5) is 14.7. The van der Waals surface area contributed by atoms with Crippen molar-refractivity contribution in [2.24, 2.45) is 0 Å². The molecule has 0 aliphatic carbocycles. The summed E-state index contributed by atoms with van der Waals surface area (Å²) in [7, 11) is 0. The molecule has 26 heavy (non-hydrogen) atoms. The Kier molecular flexibility index (Phi) is 5.80. The molecular formula is C17H16Cl2N4O2S. The molecule has 0 unspecified atom stereocenters. The van der Waals surface area contributed by atoms with E-state index in [1.54, 1.807) is 0 Å². The number of piperazine rings is 1. The minimum absolute atomic E-state index is 0.0366. The van der Waals surface area contributed by atoms with Gasteiger partial charge in [0, 0.05) is 49.0 Å². The first-order valence-corrected chi connectivity index (χ1v) is 9.11. The Balaban J connectivity index is 1.62. The van der Waals surface area contributed by atoms with E-state index in [9.17, 15) is 10.1 Å². The molecule has 2 aromatic carbocycles. The van der Waals surface area contributed by atoms with E-state index in [0.717, 1.165) is 31.9 Å². The molecule has 1 N–H and O–H groups in total. The minimum atomic E-state index is -0.464. The molecule has 6 nitrogen and oxygen atoms in total. The van der Waals surface area contributed by atoms with E-state index in [4.69, 9.17) is 35.4 Å². The lowest BCUT2D eigenvalue weighted by Gasteiger charge is -2.37. The lowest BCUT2D eigenvalue weighted by atomic mass is 10.2. The van der Waals surface area contributed by atoms with Crippen molar-refractivity contribution in [1.82, 2.24) is 4.90 Å². The number of hydrogen-bond acceptors (Lipinski definition) is 4. The van der Waals surface area contributed by atoms with Crippen LogP contribution < -0.4 is 10.2 Å². The largest absolute Gasteiger partial charge is 0.368 e. The number of anilines is 2. The number of nitrogens with zero attached hydrogens (tertiary/aromatic N) is 3. The predicted molar refractivity (Wildman–Crippen MR) is 110 cm³/mol. The molecular weight excluding hydrogens is 395 g/mol. The predicted octanol–water partition coefficient (Wildman–Crippen LogP) is 4.42. The number of nitrogens with one attached hydrogen (secondary N) is 1. The zero-order valence-electron chi connectivity index (χ0n) is 13.7. The van der Waals surface area contributed by atoms with Crippen LogP contribution in [0.5, 0.6) is 0 Å². The van der Waals surface area contributed by atoms with Gasteiger partial charge in [-0.25, -0.2) is 0 Å². The number of hydrogen-bond donors (Lipinski definition) is 1. The Morgan fingerprint density at radius 1 is 1.12 bits per heavy atom. The molecule has 1 aliphatic heterocycles. The summed E-state index contributed by atoms with van der Waals surface area (Å²) in [5, 5.41) is 15.5. The van der Waals surface area contributed by atoms with Gasteiger partial charge in [0.1, 0.15) is 0 Å².